The summed E-state index contributed by atoms with van der Waals surface area (Å²) in [6.07, 6.45) is 3.48. The van der Waals surface area contributed by atoms with Crippen molar-refractivity contribution in [2.75, 3.05) is 31.1 Å². The largest absolute Gasteiger partial charge is 0.369 e. The quantitative estimate of drug-likeness (QED) is 0.852. The highest BCUT2D eigenvalue weighted by Crippen LogP contribution is 2.27. The Kier molecular flexibility index (Phi) is 4.57. The summed E-state index contributed by atoms with van der Waals surface area (Å²) in [6, 6.07) is 8.90. The lowest BCUT2D eigenvalue weighted by atomic mass is 10.2. The van der Waals surface area contributed by atoms with Gasteiger partial charge in [0.05, 0.1) is 5.02 Å². The molecule has 0 spiro atoms. The normalized spacial score (nSPS) is 16.5. The molecule has 1 aliphatic heterocycles. The number of benzene rings is 1. The molecule has 0 unspecified atom stereocenters. The molecule has 1 fully saturated rings. The van der Waals surface area contributed by atoms with Crippen LogP contribution in [0.5, 0.6) is 0 Å². The molecule has 0 atom stereocenters. The maximum Gasteiger partial charge on any atom is 0.244 e. The van der Waals surface area contributed by atoms with Crippen LogP contribution in [0.15, 0.2) is 47.6 Å². The van der Waals surface area contributed by atoms with Crippen molar-refractivity contribution >= 4 is 27.3 Å². The molecule has 7 heteroatoms. The summed E-state index contributed by atoms with van der Waals surface area (Å²) in [5.41, 5.74) is 2.00. The van der Waals surface area contributed by atoms with E-state index in [1.807, 2.05) is 19.1 Å². The summed E-state index contributed by atoms with van der Waals surface area (Å²) >= 11 is 6.13. The summed E-state index contributed by atoms with van der Waals surface area (Å²) in [4.78, 5) is 6.34. The van der Waals surface area contributed by atoms with Crippen LogP contribution in [0.2, 0.25) is 5.02 Å². The fourth-order valence-corrected chi connectivity index (χ4v) is 4.69. The third-order valence-corrected chi connectivity index (χ3v) is 6.35. The van der Waals surface area contributed by atoms with Crippen LogP contribution in [-0.2, 0) is 10.0 Å². The van der Waals surface area contributed by atoms with Crippen molar-refractivity contribution in [2.45, 2.75) is 11.8 Å². The number of hydrogen-bond donors (Lipinski definition) is 0. The third kappa shape index (κ3) is 3.34. The third-order valence-electron chi connectivity index (χ3n) is 3.97. The van der Waals surface area contributed by atoms with E-state index in [0.29, 0.717) is 26.2 Å². The summed E-state index contributed by atoms with van der Waals surface area (Å²) < 4.78 is 27.1. The number of aromatic nitrogens is 1. The van der Waals surface area contributed by atoms with Crippen molar-refractivity contribution in [1.29, 1.82) is 0 Å². The standard InChI is InChI=1S/C16H18ClN3O2S/c1-13-2-3-16(15(17)12-13)23(21,22)20-10-8-19(9-11-20)14-4-6-18-7-5-14/h2-7,12H,8-11H2,1H3. The molecule has 0 amide bonds. The van der Waals surface area contributed by atoms with Gasteiger partial charge in [-0.05, 0) is 36.8 Å². The molecule has 5 nitrogen and oxygen atoms in total. The molecule has 0 N–H and O–H groups in total. The van der Waals surface area contributed by atoms with Crippen LogP contribution in [0, 0.1) is 6.92 Å². The average molecular weight is 352 g/mol. The molecule has 3 rings (SSSR count). The highest BCUT2D eigenvalue weighted by molar-refractivity contribution is 7.89. The monoisotopic (exact) mass is 351 g/mol. The minimum absolute atomic E-state index is 0.183. The van der Waals surface area contributed by atoms with Crippen LogP contribution in [0.25, 0.3) is 0 Å². The van der Waals surface area contributed by atoms with Crippen molar-refractivity contribution in [3.05, 3.63) is 53.3 Å². The maximum atomic E-state index is 12.8. The molecule has 1 saturated heterocycles. The first-order valence-corrected chi connectivity index (χ1v) is 9.21. The second-order valence-corrected chi connectivity index (χ2v) is 7.84. The van der Waals surface area contributed by atoms with Crippen LogP contribution in [-0.4, -0.2) is 43.9 Å². The van der Waals surface area contributed by atoms with Gasteiger partial charge in [0.2, 0.25) is 10.0 Å². The van der Waals surface area contributed by atoms with E-state index in [2.05, 4.69) is 9.88 Å². The molecule has 1 aromatic carbocycles. The van der Waals surface area contributed by atoms with Gasteiger partial charge in [0, 0.05) is 44.3 Å². The van der Waals surface area contributed by atoms with Gasteiger partial charge in [0.15, 0.2) is 0 Å². The first-order chi connectivity index (χ1) is 11.0. The predicted molar refractivity (Wildman–Crippen MR) is 91.4 cm³/mol. The van der Waals surface area contributed by atoms with Crippen LogP contribution in [0.3, 0.4) is 0 Å². The Labute approximate surface area is 141 Å². The molecule has 23 heavy (non-hydrogen) atoms. The molecular weight excluding hydrogens is 334 g/mol. The highest BCUT2D eigenvalue weighted by atomic mass is 35.5. The Bertz CT molecular complexity index is 788. The number of hydrogen-bond acceptors (Lipinski definition) is 4. The van der Waals surface area contributed by atoms with Crippen molar-refractivity contribution in [2.24, 2.45) is 0 Å². The molecular formula is C16H18ClN3O2S. The van der Waals surface area contributed by atoms with E-state index >= 15 is 0 Å². The van der Waals surface area contributed by atoms with E-state index in [1.54, 1.807) is 30.6 Å². The van der Waals surface area contributed by atoms with Gasteiger partial charge in [-0.25, -0.2) is 8.42 Å². The van der Waals surface area contributed by atoms with Crippen molar-refractivity contribution in [3.63, 3.8) is 0 Å². The zero-order valence-electron chi connectivity index (χ0n) is 12.8. The molecule has 2 aromatic rings. The fourth-order valence-electron chi connectivity index (χ4n) is 2.70. The van der Waals surface area contributed by atoms with Gasteiger partial charge in [-0.1, -0.05) is 17.7 Å². The number of piperazine rings is 1. The Morgan fingerprint density at radius 1 is 1.04 bits per heavy atom. The number of aryl methyl sites for hydroxylation is 1. The number of sulfonamides is 1. The van der Waals surface area contributed by atoms with E-state index in [1.165, 1.54) is 4.31 Å². The van der Waals surface area contributed by atoms with Crippen molar-refractivity contribution < 1.29 is 8.42 Å². The number of rotatable bonds is 3. The van der Waals surface area contributed by atoms with Gasteiger partial charge in [-0.15, -0.1) is 0 Å². The van der Waals surface area contributed by atoms with Crippen LogP contribution < -0.4 is 4.90 Å². The van der Waals surface area contributed by atoms with Crippen molar-refractivity contribution in [1.82, 2.24) is 9.29 Å². The lowest BCUT2D eigenvalue weighted by Crippen LogP contribution is -2.48. The molecule has 0 saturated carbocycles. The van der Waals surface area contributed by atoms with E-state index in [0.717, 1.165) is 11.3 Å². The Morgan fingerprint density at radius 2 is 1.70 bits per heavy atom. The first kappa shape index (κ1) is 16.2. The fraction of sp³-hybridized carbons (Fsp3) is 0.312. The number of pyridine rings is 1. The summed E-state index contributed by atoms with van der Waals surface area (Å²) in [5, 5.41) is 0.279. The van der Waals surface area contributed by atoms with Crippen molar-refractivity contribution in [3.8, 4) is 0 Å². The molecule has 1 aliphatic rings. The zero-order valence-corrected chi connectivity index (χ0v) is 14.4. The molecule has 0 bridgehead atoms. The Balaban J connectivity index is 1.76. The second-order valence-electron chi connectivity index (χ2n) is 5.53. The Morgan fingerprint density at radius 3 is 2.30 bits per heavy atom. The van der Waals surface area contributed by atoms with Crippen LogP contribution in [0.4, 0.5) is 5.69 Å². The maximum absolute atomic E-state index is 12.8. The minimum Gasteiger partial charge on any atom is -0.369 e. The summed E-state index contributed by atoms with van der Waals surface area (Å²) in [6.45, 7) is 4.05. The van der Waals surface area contributed by atoms with Gasteiger partial charge < -0.3 is 4.90 Å². The molecule has 0 radical (unpaired) electrons. The minimum atomic E-state index is -3.55. The Hall–Kier alpha value is -1.63. The molecule has 0 aliphatic carbocycles. The van der Waals surface area contributed by atoms with Gasteiger partial charge in [-0.3, -0.25) is 4.98 Å². The predicted octanol–water partition coefficient (Wildman–Crippen LogP) is 2.55. The second kappa shape index (κ2) is 6.47. The lowest BCUT2D eigenvalue weighted by Gasteiger charge is -2.35. The summed E-state index contributed by atoms with van der Waals surface area (Å²) in [5.74, 6) is 0. The van der Waals surface area contributed by atoms with Crippen LogP contribution in [0.1, 0.15) is 5.56 Å². The first-order valence-electron chi connectivity index (χ1n) is 7.40. The highest BCUT2D eigenvalue weighted by Gasteiger charge is 2.30. The smallest absolute Gasteiger partial charge is 0.244 e. The molecule has 1 aromatic heterocycles. The lowest BCUT2D eigenvalue weighted by molar-refractivity contribution is 0.385. The molecule has 122 valence electrons. The topological polar surface area (TPSA) is 53.5 Å². The van der Waals surface area contributed by atoms with E-state index < -0.39 is 10.0 Å². The van der Waals surface area contributed by atoms with Crippen LogP contribution >= 0.6 is 11.6 Å². The number of nitrogens with zero attached hydrogens (tertiary/aromatic N) is 3. The number of anilines is 1. The summed E-state index contributed by atoms with van der Waals surface area (Å²) in [7, 11) is -3.55. The molecule has 2 heterocycles. The van der Waals surface area contributed by atoms with Gasteiger partial charge >= 0.3 is 0 Å². The SMILES string of the molecule is Cc1ccc(S(=O)(=O)N2CCN(c3ccncc3)CC2)c(Cl)c1. The van der Waals surface area contributed by atoms with Gasteiger partial charge in [0.25, 0.3) is 0 Å². The number of halogens is 1. The van der Waals surface area contributed by atoms with E-state index in [9.17, 15) is 8.42 Å². The zero-order chi connectivity index (χ0) is 16.4. The average Bonchev–Trinajstić information content (AvgIpc) is 2.55. The van der Waals surface area contributed by atoms with E-state index in [-0.39, 0.29) is 9.92 Å². The van der Waals surface area contributed by atoms with Gasteiger partial charge in [0.1, 0.15) is 4.90 Å². The van der Waals surface area contributed by atoms with E-state index in [4.69, 9.17) is 11.6 Å². The van der Waals surface area contributed by atoms with Gasteiger partial charge in [-0.2, -0.15) is 4.31 Å².